The summed E-state index contributed by atoms with van der Waals surface area (Å²) in [5, 5.41) is 10.2. The second-order valence-corrected chi connectivity index (χ2v) is 6.57. The van der Waals surface area contributed by atoms with Crippen LogP contribution in [-0.4, -0.2) is 33.5 Å². The average Bonchev–Trinajstić information content (AvgIpc) is 3.05. The monoisotopic (exact) mass is 344 g/mol. The van der Waals surface area contributed by atoms with Crippen LogP contribution in [0.3, 0.4) is 0 Å². The second kappa shape index (κ2) is 7.32. The van der Waals surface area contributed by atoms with E-state index in [0.29, 0.717) is 11.4 Å². The number of rotatable bonds is 5. The first-order valence-corrected chi connectivity index (χ1v) is 8.66. The molecular formula is C19H21ClN2O2. The van der Waals surface area contributed by atoms with Gasteiger partial charge in [0.25, 0.3) is 0 Å². The van der Waals surface area contributed by atoms with Gasteiger partial charge in [-0.15, -0.1) is 0 Å². The average molecular weight is 345 g/mol. The van der Waals surface area contributed by atoms with E-state index in [1.54, 1.807) is 0 Å². The summed E-state index contributed by atoms with van der Waals surface area (Å²) in [5.74, 6) is -0.773. The molecule has 1 aromatic heterocycles. The SMILES string of the molecule is CCc1ccc(C(c2cccc(Cl)c2)N2CCCC2C(=O)O)nc1. The third-order valence-corrected chi connectivity index (χ3v) is 4.85. The number of aryl methyl sites for hydroxylation is 1. The van der Waals surface area contributed by atoms with Gasteiger partial charge in [0, 0.05) is 17.8 Å². The number of nitrogens with zero attached hydrogens (tertiary/aromatic N) is 2. The fraction of sp³-hybridized carbons (Fsp3) is 0.368. The molecule has 5 heteroatoms. The van der Waals surface area contributed by atoms with Crippen molar-refractivity contribution in [2.24, 2.45) is 0 Å². The molecule has 1 aliphatic rings. The van der Waals surface area contributed by atoms with E-state index in [9.17, 15) is 9.90 Å². The Morgan fingerprint density at radius 1 is 1.42 bits per heavy atom. The minimum Gasteiger partial charge on any atom is -0.480 e. The Labute approximate surface area is 147 Å². The van der Waals surface area contributed by atoms with Crippen LogP contribution in [0.2, 0.25) is 5.02 Å². The number of carboxylic acids is 1. The van der Waals surface area contributed by atoms with E-state index in [4.69, 9.17) is 11.6 Å². The largest absolute Gasteiger partial charge is 0.480 e. The van der Waals surface area contributed by atoms with Crippen molar-refractivity contribution in [3.63, 3.8) is 0 Å². The van der Waals surface area contributed by atoms with E-state index in [1.807, 2.05) is 41.4 Å². The van der Waals surface area contributed by atoms with Gasteiger partial charge in [-0.2, -0.15) is 0 Å². The van der Waals surface area contributed by atoms with Gasteiger partial charge < -0.3 is 5.11 Å². The molecule has 0 amide bonds. The number of benzene rings is 1. The van der Waals surface area contributed by atoms with Crippen LogP contribution in [0.1, 0.15) is 42.6 Å². The van der Waals surface area contributed by atoms with Crippen LogP contribution in [0.4, 0.5) is 0 Å². The molecule has 0 aliphatic carbocycles. The highest BCUT2D eigenvalue weighted by atomic mass is 35.5. The van der Waals surface area contributed by atoms with Gasteiger partial charge in [-0.3, -0.25) is 14.7 Å². The van der Waals surface area contributed by atoms with Gasteiger partial charge in [0.15, 0.2) is 0 Å². The van der Waals surface area contributed by atoms with E-state index in [0.717, 1.165) is 30.6 Å². The third-order valence-electron chi connectivity index (χ3n) is 4.61. The highest BCUT2D eigenvalue weighted by molar-refractivity contribution is 6.30. The molecule has 2 heterocycles. The van der Waals surface area contributed by atoms with Crippen LogP contribution >= 0.6 is 11.6 Å². The molecule has 3 rings (SSSR count). The molecule has 0 saturated carbocycles. The summed E-state index contributed by atoms with van der Waals surface area (Å²) >= 11 is 6.17. The Bertz CT molecular complexity index is 718. The zero-order valence-corrected chi connectivity index (χ0v) is 14.4. The molecule has 2 unspecified atom stereocenters. The molecular weight excluding hydrogens is 324 g/mol. The maximum absolute atomic E-state index is 11.7. The number of hydrogen-bond donors (Lipinski definition) is 1. The number of likely N-dealkylation sites (tertiary alicyclic amines) is 1. The molecule has 24 heavy (non-hydrogen) atoms. The first kappa shape index (κ1) is 16.9. The predicted octanol–water partition coefficient (Wildman–Crippen LogP) is 3.94. The lowest BCUT2D eigenvalue weighted by atomic mass is 9.99. The van der Waals surface area contributed by atoms with Crippen molar-refractivity contribution in [3.8, 4) is 0 Å². The number of aliphatic carboxylic acids is 1. The lowest BCUT2D eigenvalue weighted by molar-refractivity contribution is -0.142. The molecule has 1 aromatic carbocycles. The minimum atomic E-state index is -0.773. The number of halogens is 1. The Morgan fingerprint density at radius 2 is 2.25 bits per heavy atom. The van der Waals surface area contributed by atoms with Crippen molar-refractivity contribution in [2.45, 2.75) is 38.3 Å². The van der Waals surface area contributed by atoms with Crippen molar-refractivity contribution in [3.05, 3.63) is 64.4 Å². The maximum atomic E-state index is 11.7. The maximum Gasteiger partial charge on any atom is 0.320 e. The van der Waals surface area contributed by atoms with Crippen molar-refractivity contribution in [1.82, 2.24) is 9.88 Å². The summed E-state index contributed by atoms with van der Waals surface area (Å²) in [7, 11) is 0. The summed E-state index contributed by atoms with van der Waals surface area (Å²) in [4.78, 5) is 18.3. The number of pyridine rings is 1. The summed E-state index contributed by atoms with van der Waals surface area (Å²) in [6.07, 6.45) is 4.34. The van der Waals surface area contributed by atoms with Crippen LogP contribution < -0.4 is 0 Å². The molecule has 1 saturated heterocycles. The summed E-state index contributed by atoms with van der Waals surface area (Å²) in [6, 6.07) is 11.0. The number of carbonyl (C=O) groups is 1. The van der Waals surface area contributed by atoms with Crippen LogP contribution in [0.5, 0.6) is 0 Å². The highest BCUT2D eigenvalue weighted by Crippen LogP contribution is 2.35. The zero-order chi connectivity index (χ0) is 17.1. The molecule has 1 aliphatic heterocycles. The molecule has 0 radical (unpaired) electrons. The topological polar surface area (TPSA) is 53.4 Å². The molecule has 0 bridgehead atoms. The molecule has 4 nitrogen and oxygen atoms in total. The fourth-order valence-electron chi connectivity index (χ4n) is 3.38. The quantitative estimate of drug-likeness (QED) is 0.892. The van der Waals surface area contributed by atoms with Crippen LogP contribution in [0, 0.1) is 0 Å². The lowest BCUT2D eigenvalue weighted by Gasteiger charge is -2.31. The van der Waals surface area contributed by atoms with Gasteiger partial charge in [0.05, 0.1) is 11.7 Å². The molecule has 1 N–H and O–H groups in total. The first-order valence-electron chi connectivity index (χ1n) is 8.29. The molecule has 126 valence electrons. The van der Waals surface area contributed by atoms with Crippen molar-refractivity contribution in [2.75, 3.05) is 6.54 Å². The van der Waals surface area contributed by atoms with Gasteiger partial charge in [0.1, 0.15) is 6.04 Å². The Balaban J connectivity index is 2.04. The van der Waals surface area contributed by atoms with E-state index in [2.05, 4.69) is 18.0 Å². The van der Waals surface area contributed by atoms with E-state index in [-0.39, 0.29) is 6.04 Å². The number of carboxylic acid groups (broad SMARTS) is 1. The standard InChI is InChI=1S/C19H21ClN2O2/c1-2-13-8-9-16(21-12-13)18(14-5-3-6-15(20)11-14)22-10-4-7-17(22)19(23)24/h3,5-6,8-9,11-12,17-18H,2,4,7,10H2,1H3,(H,23,24). The second-order valence-electron chi connectivity index (χ2n) is 6.14. The van der Waals surface area contributed by atoms with E-state index in [1.165, 1.54) is 5.56 Å². The van der Waals surface area contributed by atoms with Gasteiger partial charge >= 0.3 is 5.97 Å². The molecule has 2 atom stereocenters. The molecule has 2 aromatic rings. The van der Waals surface area contributed by atoms with Gasteiger partial charge in [-0.1, -0.05) is 36.7 Å². The summed E-state index contributed by atoms with van der Waals surface area (Å²) in [6.45, 7) is 2.83. The summed E-state index contributed by atoms with van der Waals surface area (Å²) in [5.41, 5.74) is 3.01. The smallest absolute Gasteiger partial charge is 0.320 e. The summed E-state index contributed by atoms with van der Waals surface area (Å²) < 4.78 is 0. The minimum absolute atomic E-state index is 0.196. The Hall–Kier alpha value is -1.91. The number of hydrogen-bond acceptors (Lipinski definition) is 3. The normalized spacial score (nSPS) is 19.3. The van der Waals surface area contributed by atoms with Gasteiger partial charge in [0.2, 0.25) is 0 Å². The van der Waals surface area contributed by atoms with Crippen molar-refractivity contribution < 1.29 is 9.90 Å². The predicted molar refractivity (Wildman–Crippen MR) is 94.3 cm³/mol. The Morgan fingerprint density at radius 3 is 2.88 bits per heavy atom. The highest BCUT2D eigenvalue weighted by Gasteiger charge is 2.37. The zero-order valence-electron chi connectivity index (χ0n) is 13.7. The van der Waals surface area contributed by atoms with E-state index < -0.39 is 12.0 Å². The van der Waals surface area contributed by atoms with Crippen molar-refractivity contribution >= 4 is 17.6 Å². The van der Waals surface area contributed by atoms with Gasteiger partial charge in [-0.25, -0.2) is 0 Å². The number of aromatic nitrogens is 1. The van der Waals surface area contributed by atoms with Crippen molar-refractivity contribution in [1.29, 1.82) is 0 Å². The first-order chi connectivity index (χ1) is 11.6. The Kier molecular flexibility index (Phi) is 5.17. The molecule has 1 fully saturated rings. The van der Waals surface area contributed by atoms with Crippen LogP contribution in [0.15, 0.2) is 42.6 Å². The van der Waals surface area contributed by atoms with Gasteiger partial charge in [-0.05, 0) is 48.6 Å². The lowest BCUT2D eigenvalue weighted by Crippen LogP contribution is -2.39. The molecule has 0 spiro atoms. The third kappa shape index (κ3) is 3.45. The van der Waals surface area contributed by atoms with Crippen LogP contribution in [0.25, 0.3) is 0 Å². The fourth-order valence-corrected chi connectivity index (χ4v) is 3.58. The van der Waals surface area contributed by atoms with Crippen LogP contribution in [-0.2, 0) is 11.2 Å². The van der Waals surface area contributed by atoms with E-state index >= 15 is 0 Å².